The Balaban J connectivity index is 2.56. The Bertz CT molecular complexity index is 206. The normalized spacial score (nSPS) is 16.8. The molecule has 0 spiro atoms. The molecule has 1 N–H and O–H groups in total. The number of aliphatic hydroxyl groups excluding tert-OH is 1. The summed E-state index contributed by atoms with van der Waals surface area (Å²) in [6.07, 6.45) is 3.48. The zero-order chi connectivity index (χ0) is 8.97. The van der Waals surface area contributed by atoms with E-state index in [0.29, 0.717) is 6.42 Å². The third kappa shape index (κ3) is 2.34. The molecule has 0 aliphatic heterocycles. The molecule has 1 aliphatic carbocycles. The quantitative estimate of drug-likeness (QED) is 0.651. The lowest BCUT2D eigenvalue weighted by Gasteiger charge is -2.04. The Morgan fingerprint density at radius 2 is 2.33 bits per heavy atom. The Hall–Kier alpha value is -0.830. The minimum Gasteiger partial charge on any atom is -0.431 e. The van der Waals surface area contributed by atoms with Gasteiger partial charge in [-0.05, 0) is 24.8 Å². The molecule has 0 amide bonds. The van der Waals surface area contributed by atoms with Crippen molar-refractivity contribution in [3.8, 4) is 0 Å². The van der Waals surface area contributed by atoms with E-state index in [2.05, 4.69) is 0 Å². The van der Waals surface area contributed by atoms with Gasteiger partial charge in [-0.3, -0.25) is 4.79 Å². The lowest BCUT2D eigenvalue weighted by Crippen LogP contribution is -1.99. The van der Waals surface area contributed by atoms with E-state index in [0.717, 1.165) is 30.6 Å². The standard InChI is InChI=1S/C9H14O3/c1-7(11)12-9-4-2-3-8(9)5-6-10/h10H,2-6H2,1H3. The van der Waals surface area contributed by atoms with Gasteiger partial charge in [0.1, 0.15) is 5.76 Å². The summed E-state index contributed by atoms with van der Waals surface area (Å²) in [6.45, 7) is 1.54. The van der Waals surface area contributed by atoms with Crippen molar-refractivity contribution in [2.24, 2.45) is 0 Å². The van der Waals surface area contributed by atoms with Crippen molar-refractivity contribution in [1.29, 1.82) is 0 Å². The Kier molecular flexibility index (Phi) is 3.29. The maximum atomic E-state index is 10.6. The third-order valence-electron chi connectivity index (χ3n) is 1.96. The van der Waals surface area contributed by atoms with Crippen LogP contribution in [0.2, 0.25) is 0 Å². The molecular formula is C9H14O3. The highest BCUT2D eigenvalue weighted by Gasteiger charge is 2.16. The molecule has 1 aliphatic rings. The number of allylic oxidation sites excluding steroid dienone is 1. The monoisotopic (exact) mass is 170 g/mol. The first kappa shape index (κ1) is 9.26. The van der Waals surface area contributed by atoms with Crippen molar-refractivity contribution in [2.75, 3.05) is 6.61 Å². The van der Waals surface area contributed by atoms with Gasteiger partial charge in [-0.25, -0.2) is 0 Å². The third-order valence-corrected chi connectivity index (χ3v) is 1.96. The lowest BCUT2D eigenvalue weighted by molar-refractivity contribution is -0.137. The predicted octanol–water partition coefficient (Wildman–Crippen LogP) is 1.37. The molecule has 0 saturated heterocycles. The highest BCUT2D eigenvalue weighted by atomic mass is 16.5. The van der Waals surface area contributed by atoms with E-state index in [1.165, 1.54) is 6.92 Å². The van der Waals surface area contributed by atoms with Gasteiger partial charge in [-0.15, -0.1) is 0 Å². The molecule has 0 fully saturated rings. The maximum absolute atomic E-state index is 10.6. The first-order valence-corrected chi connectivity index (χ1v) is 4.24. The minimum absolute atomic E-state index is 0.139. The van der Waals surface area contributed by atoms with Crippen molar-refractivity contribution in [1.82, 2.24) is 0 Å². The van der Waals surface area contributed by atoms with Crippen LogP contribution in [0.25, 0.3) is 0 Å². The first-order valence-electron chi connectivity index (χ1n) is 4.24. The predicted molar refractivity (Wildman–Crippen MR) is 44.3 cm³/mol. The molecule has 0 bridgehead atoms. The summed E-state index contributed by atoms with van der Waals surface area (Å²) in [7, 11) is 0. The van der Waals surface area contributed by atoms with Crippen molar-refractivity contribution >= 4 is 5.97 Å². The molecule has 0 radical (unpaired) electrons. The molecule has 3 heteroatoms. The molecule has 12 heavy (non-hydrogen) atoms. The second-order valence-corrected chi connectivity index (χ2v) is 2.95. The summed E-state index contributed by atoms with van der Waals surface area (Å²) in [5.74, 6) is 0.527. The summed E-state index contributed by atoms with van der Waals surface area (Å²) in [4.78, 5) is 10.6. The zero-order valence-electron chi connectivity index (χ0n) is 7.30. The summed E-state index contributed by atoms with van der Waals surface area (Å²) in [5, 5.41) is 8.70. The molecule has 0 saturated carbocycles. The van der Waals surface area contributed by atoms with Gasteiger partial charge < -0.3 is 9.84 Å². The van der Waals surface area contributed by atoms with E-state index in [1.54, 1.807) is 0 Å². The fourth-order valence-electron chi connectivity index (χ4n) is 1.47. The lowest BCUT2D eigenvalue weighted by atomic mass is 10.2. The van der Waals surface area contributed by atoms with Crippen LogP contribution in [0.4, 0.5) is 0 Å². The SMILES string of the molecule is CC(=O)OC1=C(CCO)CCC1. The van der Waals surface area contributed by atoms with E-state index < -0.39 is 0 Å². The van der Waals surface area contributed by atoms with Crippen LogP contribution in [0.3, 0.4) is 0 Å². The number of carbonyl (C=O) groups excluding carboxylic acids is 1. The highest BCUT2D eigenvalue weighted by molar-refractivity contribution is 5.67. The van der Waals surface area contributed by atoms with Gasteiger partial charge in [-0.1, -0.05) is 0 Å². The number of ether oxygens (including phenoxy) is 1. The first-order chi connectivity index (χ1) is 5.74. The van der Waals surface area contributed by atoms with Gasteiger partial charge in [0.05, 0.1) is 0 Å². The van der Waals surface area contributed by atoms with Gasteiger partial charge in [0.2, 0.25) is 0 Å². The average Bonchev–Trinajstić information content (AvgIpc) is 2.37. The van der Waals surface area contributed by atoms with Crippen molar-refractivity contribution in [2.45, 2.75) is 32.6 Å². The molecule has 0 unspecified atom stereocenters. The van der Waals surface area contributed by atoms with Crippen LogP contribution in [0, 0.1) is 0 Å². The smallest absolute Gasteiger partial charge is 0.307 e. The van der Waals surface area contributed by atoms with Crippen molar-refractivity contribution < 1.29 is 14.6 Å². The van der Waals surface area contributed by atoms with Crippen LogP contribution >= 0.6 is 0 Å². The van der Waals surface area contributed by atoms with Gasteiger partial charge in [0.15, 0.2) is 0 Å². The summed E-state index contributed by atoms with van der Waals surface area (Å²) >= 11 is 0. The van der Waals surface area contributed by atoms with E-state index >= 15 is 0 Å². The van der Waals surface area contributed by atoms with Crippen LogP contribution in [0.1, 0.15) is 32.6 Å². The summed E-state index contributed by atoms with van der Waals surface area (Å²) in [5.41, 5.74) is 1.10. The van der Waals surface area contributed by atoms with Gasteiger partial charge in [0, 0.05) is 20.0 Å². The number of esters is 1. The van der Waals surface area contributed by atoms with Crippen LogP contribution in [0.15, 0.2) is 11.3 Å². The van der Waals surface area contributed by atoms with Gasteiger partial charge >= 0.3 is 5.97 Å². The molecule has 0 atom stereocenters. The average molecular weight is 170 g/mol. The van der Waals surface area contributed by atoms with E-state index in [-0.39, 0.29) is 12.6 Å². The van der Waals surface area contributed by atoms with E-state index in [1.807, 2.05) is 0 Å². The van der Waals surface area contributed by atoms with Crippen molar-refractivity contribution in [3.63, 3.8) is 0 Å². The molecule has 0 aromatic rings. The topological polar surface area (TPSA) is 46.5 Å². The Morgan fingerprint density at radius 1 is 1.58 bits per heavy atom. The fourth-order valence-corrected chi connectivity index (χ4v) is 1.47. The number of hydrogen-bond acceptors (Lipinski definition) is 3. The molecule has 68 valence electrons. The second-order valence-electron chi connectivity index (χ2n) is 2.95. The summed E-state index contributed by atoms with van der Waals surface area (Å²) < 4.78 is 5.01. The molecule has 0 aromatic carbocycles. The molecular weight excluding hydrogens is 156 g/mol. The summed E-state index contributed by atoms with van der Waals surface area (Å²) in [6, 6.07) is 0. The van der Waals surface area contributed by atoms with Crippen LogP contribution < -0.4 is 0 Å². The Labute approximate surface area is 72.0 Å². The minimum atomic E-state index is -0.262. The number of aliphatic hydroxyl groups is 1. The van der Waals surface area contributed by atoms with Crippen LogP contribution in [0.5, 0.6) is 0 Å². The van der Waals surface area contributed by atoms with Crippen molar-refractivity contribution in [3.05, 3.63) is 11.3 Å². The molecule has 3 nitrogen and oxygen atoms in total. The fraction of sp³-hybridized carbons (Fsp3) is 0.667. The van der Waals surface area contributed by atoms with Gasteiger partial charge in [-0.2, -0.15) is 0 Å². The van der Waals surface area contributed by atoms with Crippen LogP contribution in [-0.4, -0.2) is 17.7 Å². The van der Waals surface area contributed by atoms with Crippen LogP contribution in [-0.2, 0) is 9.53 Å². The maximum Gasteiger partial charge on any atom is 0.307 e. The highest BCUT2D eigenvalue weighted by Crippen LogP contribution is 2.28. The number of hydrogen-bond donors (Lipinski definition) is 1. The molecule has 1 rings (SSSR count). The number of carbonyl (C=O) groups is 1. The Morgan fingerprint density at radius 3 is 2.92 bits per heavy atom. The zero-order valence-corrected chi connectivity index (χ0v) is 7.30. The molecule has 0 aromatic heterocycles. The second kappa shape index (κ2) is 4.26. The largest absolute Gasteiger partial charge is 0.431 e. The number of rotatable bonds is 3. The van der Waals surface area contributed by atoms with E-state index in [9.17, 15) is 4.79 Å². The van der Waals surface area contributed by atoms with Gasteiger partial charge in [0.25, 0.3) is 0 Å². The van der Waals surface area contributed by atoms with E-state index in [4.69, 9.17) is 9.84 Å². The molecule has 0 heterocycles.